The standard InChI is InChI=1S/C23H25N5O2S/c1-16-7-9-17(10-8-16)22-21(23-24-11-12-25-23)19-14-18-6-4-3-5-13-28(31(2,29)30)20(18)15-27(19)26-22/h7-12,14-15H,3-6,13H2,1-2H3,(H,24,25). The second-order valence-electron chi connectivity index (χ2n) is 8.19. The number of aryl methyl sites for hydroxylation is 2. The second kappa shape index (κ2) is 7.53. The zero-order valence-electron chi connectivity index (χ0n) is 17.7. The average molecular weight is 436 g/mol. The maximum atomic E-state index is 12.5. The predicted octanol–water partition coefficient (Wildman–Crippen LogP) is 4.19. The van der Waals surface area contributed by atoms with Crippen LogP contribution in [0.3, 0.4) is 0 Å². The molecular weight excluding hydrogens is 410 g/mol. The van der Waals surface area contributed by atoms with Crippen molar-refractivity contribution in [2.24, 2.45) is 0 Å². The fourth-order valence-electron chi connectivity index (χ4n) is 4.31. The Balaban J connectivity index is 1.79. The van der Waals surface area contributed by atoms with E-state index >= 15 is 0 Å². The Hall–Kier alpha value is -3.13. The lowest BCUT2D eigenvalue weighted by Gasteiger charge is -2.27. The lowest BCUT2D eigenvalue weighted by molar-refractivity contribution is 0.588. The molecule has 4 aromatic rings. The monoisotopic (exact) mass is 435 g/mol. The maximum absolute atomic E-state index is 12.5. The molecule has 0 saturated carbocycles. The number of imidazole rings is 1. The van der Waals surface area contributed by atoms with Gasteiger partial charge in [-0.25, -0.2) is 17.9 Å². The molecule has 0 atom stereocenters. The van der Waals surface area contributed by atoms with Gasteiger partial charge in [-0.3, -0.25) is 4.31 Å². The van der Waals surface area contributed by atoms with Gasteiger partial charge in [0.15, 0.2) is 0 Å². The Labute approximate surface area is 181 Å². The third-order valence-electron chi connectivity index (χ3n) is 5.87. The number of hydrogen-bond acceptors (Lipinski definition) is 4. The molecule has 7 nitrogen and oxygen atoms in total. The first-order valence-corrected chi connectivity index (χ1v) is 12.4. The SMILES string of the molecule is Cc1ccc(-c2nn3cc4c(cc3c2-c2ncc[nH]2)CCCCCN4S(C)(=O)=O)cc1. The van der Waals surface area contributed by atoms with Crippen molar-refractivity contribution in [3.8, 4) is 22.6 Å². The fourth-order valence-corrected chi connectivity index (χ4v) is 5.29. The van der Waals surface area contributed by atoms with Gasteiger partial charge in [0.2, 0.25) is 10.0 Å². The number of aromatic amines is 1. The number of pyridine rings is 1. The molecule has 160 valence electrons. The van der Waals surface area contributed by atoms with E-state index < -0.39 is 10.0 Å². The summed E-state index contributed by atoms with van der Waals surface area (Å²) in [6, 6.07) is 10.3. The van der Waals surface area contributed by atoms with E-state index in [1.165, 1.54) is 16.1 Å². The quantitative estimate of drug-likeness (QED) is 0.523. The summed E-state index contributed by atoms with van der Waals surface area (Å²) < 4.78 is 28.4. The van der Waals surface area contributed by atoms with Crippen LogP contribution in [0.5, 0.6) is 0 Å². The molecule has 0 unspecified atom stereocenters. The number of H-pyrrole nitrogens is 1. The highest BCUT2D eigenvalue weighted by Crippen LogP contribution is 2.37. The molecule has 8 heteroatoms. The molecule has 0 radical (unpaired) electrons. The van der Waals surface area contributed by atoms with E-state index in [0.717, 1.165) is 65.1 Å². The van der Waals surface area contributed by atoms with Gasteiger partial charge < -0.3 is 4.98 Å². The second-order valence-corrected chi connectivity index (χ2v) is 10.1. The van der Waals surface area contributed by atoms with Crippen molar-refractivity contribution < 1.29 is 8.42 Å². The van der Waals surface area contributed by atoms with Crippen molar-refractivity contribution in [1.29, 1.82) is 0 Å². The van der Waals surface area contributed by atoms with Gasteiger partial charge in [-0.15, -0.1) is 0 Å². The van der Waals surface area contributed by atoms with Gasteiger partial charge in [-0.2, -0.15) is 5.10 Å². The zero-order chi connectivity index (χ0) is 21.6. The van der Waals surface area contributed by atoms with Crippen molar-refractivity contribution >= 4 is 21.2 Å². The van der Waals surface area contributed by atoms with Gasteiger partial charge in [-0.05, 0) is 37.8 Å². The Morgan fingerprint density at radius 1 is 1.10 bits per heavy atom. The third-order valence-corrected chi connectivity index (χ3v) is 7.05. The van der Waals surface area contributed by atoms with Crippen LogP contribution < -0.4 is 4.31 Å². The predicted molar refractivity (Wildman–Crippen MR) is 123 cm³/mol. The molecule has 0 amide bonds. The van der Waals surface area contributed by atoms with Crippen molar-refractivity contribution in [2.75, 3.05) is 17.1 Å². The number of sulfonamides is 1. The highest BCUT2D eigenvalue weighted by Gasteiger charge is 2.25. The van der Waals surface area contributed by atoms with E-state index in [-0.39, 0.29) is 0 Å². The van der Waals surface area contributed by atoms with E-state index in [1.807, 2.05) is 6.20 Å². The molecule has 0 saturated heterocycles. The largest absolute Gasteiger partial charge is 0.344 e. The normalized spacial score (nSPS) is 15.0. The molecule has 31 heavy (non-hydrogen) atoms. The third kappa shape index (κ3) is 3.61. The summed E-state index contributed by atoms with van der Waals surface area (Å²) in [7, 11) is -3.38. The molecule has 0 spiro atoms. The fraction of sp³-hybridized carbons (Fsp3) is 0.304. The first-order chi connectivity index (χ1) is 14.9. The van der Waals surface area contributed by atoms with E-state index in [9.17, 15) is 8.42 Å². The summed E-state index contributed by atoms with van der Waals surface area (Å²) in [6.45, 7) is 2.55. The maximum Gasteiger partial charge on any atom is 0.232 e. The first-order valence-electron chi connectivity index (χ1n) is 10.5. The van der Waals surface area contributed by atoms with Crippen molar-refractivity contribution in [1.82, 2.24) is 19.6 Å². The number of nitrogens with zero attached hydrogens (tertiary/aromatic N) is 4. The Kier molecular flexibility index (Phi) is 4.81. The minimum Gasteiger partial charge on any atom is -0.344 e. The molecule has 1 aliphatic rings. The van der Waals surface area contributed by atoms with Crippen LogP contribution in [-0.2, 0) is 16.4 Å². The lowest BCUT2D eigenvalue weighted by Crippen LogP contribution is -2.32. The first kappa shape index (κ1) is 19.8. The number of benzene rings is 1. The van der Waals surface area contributed by atoms with Crippen LogP contribution in [0, 0.1) is 6.92 Å². The van der Waals surface area contributed by atoms with Gasteiger partial charge in [0.1, 0.15) is 11.5 Å². The molecule has 1 aliphatic heterocycles. The van der Waals surface area contributed by atoms with Crippen LogP contribution in [0.25, 0.3) is 28.2 Å². The summed E-state index contributed by atoms with van der Waals surface area (Å²) in [5, 5.41) is 4.88. The van der Waals surface area contributed by atoms with Gasteiger partial charge in [0, 0.05) is 24.5 Å². The average Bonchev–Trinajstić information content (AvgIpc) is 3.34. The van der Waals surface area contributed by atoms with Crippen molar-refractivity contribution in [3.05, 3.63) is 60.0 Å². The van der Waals surface area contributed by atoms with E-state index in [0.29, 0.717) is 6.54 Å². The van der Waals surface area contributed by atoms with E-state index in [4.69, 9.17) is 5.10 Å². The number of fused-ring (bicyclic) bond motifs is 2. The summed E-state index contributed by atoms with van der Waals surface area (Å²) in [6.07, 6.45) is 10.4. The smallest absolute Gasteiger partial charge is 0.232 e. The van der Waals surface area contributed by atoms with Gasteiger partial charge in [-0.1, -0.05) is 36.2 Å². The molecule has 0 bridgehead atoms. The van der Waals surface area contributed by atoms with E-state index in [2.05, 4.69) is 47.2 Å². The minimum atomic E-state index is -3.38. The molecule has 1 N–H and O–H groups in total. The molecule has 3 aromatic heterocycles. The van der Waals surface area contributed by atoms with Crippen molar-refractivity contribution in [3.63, 3.8) is 0 Å². The number of hydrogen-bond donors (Lipinski definition) is 1. The highest BCUT2D eigenvalue weighted by molar-refractivity contribution is 7.92. The van der Waals surface area contributed by atoms with Gasteiger partial charge >= 0.3 is 0 Å². The summed E-state index contributed by atoms with van der Waals surface area (Å²) in [5.41, 5.74) is 6.58. The Morgan fingerprint density at radius 2 is 1.90 bits per heavy atom. The number of rotatable bonds is 3. The van der Waals surface area contributed by atoms with Crippen LogP contribution >= 0.6 is 0 Å². The van der Waals surface area contributed by atoms with Crippen LogP contribution in [0.15, 0.2) is 48.9 Å². The topological polar surface area (TPSA) is 83.4 Å². The van der Waals surface area contributed by atoms with Crippen LogP contribution in [0.4, 0.5) is 5.69 Å². The summed E-state index contributed by atoms with van der Waals surface area (Å²) in [4.78, 5) is 7.72. The van der Waals surface area contributed by atoms with E-state index in [1.54, 1.807) is 16.9 Å². The Bertz CT molecular complexity index is 1340. The van der Waals surface area contributed by atoms with Crippen LogP contribution in [0.1, 0.15) is 30.4 Å². The molecule has 1 aromatic carbocycles. The lowest BCUT2D eigenvalue weighted by atomic mass is 10.0. The number of aromatic nitrogens is 4. The number of anilines is 1. The molecule has 0 aliphatic carbocycles. The number of nitrogens with one attached hydrogen (secondary N) is 1. The Morgan fingerprint density at radius 3 is 2.61 bits per heavy atom. The van der Waals surface area contributed by atoms with Gasteiger partial charge in [0.05, 0.1) is 29.2 Å². The molecule has 5 rings (SSSR count). The van der Waals surface area contributed by atoms with Gasteiger partial charge in [0.25, 0.3) is 0 Å². The van der Waals surface area contributed by atoms with Crippen LogP contribution in [-0.4, -0.2) is 40.8 Å². The zero-order valence-corrected chi connectivity index (χ0v) is 18.5. The van der Waals surface area contributed by atoms with Crippen LogP contribution in [0.2, 0.25) is 0 Å². The molecule has 0 fully saturated rings. The molecule has 4 heterocycles. The summed E-state index contributed by atoms with van der Waals surface area (Å²) in [5.74, 6) is 0.747. The highest BCUT2D eigenvalue weighted by atomic mass is 32.2. The molecular formula is C23H25N5O2S. The van der Waals surface area contributed by atoms with Crippen molar-refractivity contribution in [2.45, 2.75) is 32.6 Å². The summed E-state index contributed by atoms with van der Waals surface area (Å²) >= 11 is 0. The minimum absolute atomic E-state index is 0.495.